The average molecular weight is 192 g/mol. The lowest BCUT2D eigenvalue weighted by molar-refractivity contribution is 0.264. The first kappa shape index (κ1) is 9.11. The van der Waals surface area contributed by atoms with Gasteiger partial charge in [0.25, 0.3) is 0 Å². The highest BCUT2D eigenvalue weighted by Crippen LogP contribution is 2.04. The zero-order valence-electron chi connectivity index (χ0n) is 7.67. The number of rotatable bonds is 3. The first-order chi connectivity index (χ1) is 6.79. The first-order valence-corrected chi connectivity index (χ1v) is 4.45. The van der Waals surface area contributed by atoms with Gasteiger partial charge in [0.2, 0.25) is 0 Å². The minimum absolute atomic E-state index is 0.0265. The van der Waals surface area contributed by atoms with Crippen molar-refractivity contribution in [1.82, 2.24) is 14.6 Å². The zero-order valence-corrected chi connectivity index (χ0v) is 7.67. The van der Waals surface area contributed by atoms with Crippen LogP contribution in [0.4, 0.5) is 0 Å². The molecule has 0 saturated heterocycles. The SMILES string of the molecule is NC(CO)Cc1cc2ncccn2n1. The largest absolute Gasteiger partial charge is 0.395 e. The molecule has 0 aliphatic rings. The predicted molar refractivity (Wildman–Crippen MR) is 51.8 cm³/mol. The van der Waals surface area contributed by atoms with Gasteiger partial charge < -0.3 is 10.8 Å². The molecule has 3 N–H and O–H groups in total. The van der Waals surface area contributed by atoms with Crippen LogP contribution < -0.4 is 5.73 Å². The van der Waals surface area contributed by atoms with Gasteiger partial charge in [0.05, 0.1) is 12.3 Å². The Morgan fingerprint density at radius 2 is 2.43 bits per heavy atom. The summed E-state index contributed by atoms with van der Waals surface area (Å²) in [5.41, 5.74) is 7.26. The number of aromatic nitrogens is 3. The maximum atomic E-state index is 8.80. The summed E-state index contributed by atoms with van der Waals surface area (Å²) in [5.74, 6) is 0. The van der Waals surface area contributed by atoms with Crippen molar-refractivity contribution in [2.75, 3.05) is 6.61 Å². The minimum atomic E-state index is -0.250. The highest BCUT2D eigenvalue weighted by molar-refractivity contribution is 5.38. The van der Waals surface area contributed by atoms with E-state index in [1.807, 2.05) is 18.3 Å². The van der Waals surface area contributed by atoms with Crippen LogP contribution in [0.1, 0.15) is 5.69 Å². The summed E-state index contributed by atoms with van der Waals surface area (Å²) in [5, 5.41) is 13.1. The van der Waals surface area contributed by atoms with E-state index in [4.69, 9.17) is 10.8 Å². The maximum Gasteiger partial charge on any atom is 0.155 e. The van der Waals surface area contributed by atoms with Crippen LogP contribution in [0.3, 0.4) is 0 Å². The number of nitrogens with two attached hydrogens (primary N) is 1. The molecule has 1 atom stereocenters. The van der Waals surface area contributed by atoms with Crippen molar-refractivity contribution in [3.63, 3.8) is 0 Å². The lowest BCUT2D eigenvalue weighted by Gasteiger charge is -2.03. The van der Waals surface area contributed by atoms with Gasteiger partial charge >= 0.3 is 0 Å². The van der Waals surface area contributed by atoms with E-state index in [0.717, 1.165) is 11.3 Å². The van der Waals surface area contributed by atoms with Crippen molar-refractivity contribution >= 4 is 5.65 Å². The topological polar surface area (TPSA) is 76.4 Å². The van der Waals surface area contributed by atoms with Crippen LogP contribution >= 0.6 is 0 Å². The molecule has 5 nitrogen and oxygen atoms in total. The smallest absolute Gasteiger partial charge is 0.155 e. The zero-order chi connectivity index (χ0) is 9.97. The van der Waals surface area contributed by atoms with Crippen molar-refractivity contribution in [1.29, 1.82) is 0 Å². The molecule has 14 heavy (non-hydrogen) atoms. The Kier molecular flexibility index (Phi) is 2.43. The molecule has 0 bridgehead atoms. The number of aliphatic hydroxyl groups is 1. The van der Waals surface area contributed by atoms with Crippen LogP contribution in [0, 0.1) is 0 Å². The molecule has 0 radical (unpaired) electrons. The van der Waals surface area contributed by atoms with Gasteiger partial charge in [-0.2, -0.15) is 5.10 Å². The molecule has 2 rings (SSSR count). The summed E-state index contributed by atoms with van der Waals surface area (Å²) in [6.45, 7) is -0.0265. The van der Waals surface area contributed by atoms with Gasteiger partial charge in [0.1, 0.15) is 0 Å². The second-order valence-electron chi connectivity index (χ2n) is 3.20. The number of aliphatic hydroxyl groups excluding tert-OH is 1. The normalized spacial score (nSPS) is 13.3. The van der Waals surface area contributed by atoms with Crippen LogP contribution in [-0.4, -0.2) is 32.4 Å². The van der Waals surface area contributed by atoms with Crippen molar-refractivity contribution < 1.29 is 5.11 Å². The fourth-order valence-electron chi connectivity index (χ4n) is 1.31. The van der Waals surface area contributed by atoms with E-state index < -0.39 is 0 Å². The van der Waals surface area contributed by atoms with Gasteiger partial charge in [-0.3, -0.25) is 0 Å². The third-order valence-electron chi connectivity index (χ3n) is 1.99. The molecule has 2 aromatic heterocycles. The Hall–Kier alpha value is -1.46. The number of nitrogens with zero attached hydrogens (tertiary/aromatic N) is 3. The van der Waals surface area contributed by atoms with Crippen LogP contribution in [0.25, 0.3) is 5.65 Å². The van der Waals surface area contributed by atoms with Crippen molar-refractivity contribution in [2.24, 2.45) is 5.73 Å². The highest BCUT2D eigenvalue weighted by Gasteiger charge is 2.06. The fourth-order valence-corrected chi connectivity index (χ4v) is 1.31. The van der Waals surface area contributed by atoms with Crippen LogP contribution in [0.5, 0.6) is 0 Å². The highest BCUT2D eigenvalue weighted by atomic mass is 16.3. The Morgan fingerprint density at radius 3 is 3.14 bits per heavy atom. The average Bonchev–Trinajstić information content (AvgIpc) is 2.59. The summed E-state index contributed by atoms with van der Waals surface area (Å²) in [7, 11) is 0. The van der Waals surface area contributed by atoms with Gasteiger partial charge in [-0.25, -0.2) is 9.50 Å². The number of fused-ring (bicyclic) bond motifs is 1. The van der Waals surface area contributed by atoms with Gasteiger partial charge in [-0.05, 0) is 6.07 Å². The predicted octanol–water partition coefficient (Wildman–Crippen LogP) is -0.409. The lowest BCUT2D eigenvalue weighted by atomic mass is 10.2. The molecular weight excluding hydrogens is 180 g/mol. The molecule has 0 spiro atoms. The fraction of sp³-hybridized carbons (Fsp3) is 0.333. The number of hydrogen-bond donors (Lipinski definition) is 2. The van der Waals surface area contributed by atoms with Crippen molar-refractivity contribution in [3.8, 4) is 0 Å². The summed E-state index contributed by atoms with van der Waals surface area (Å²) >= 11 is 0. The molecule has 5 heteroatoms. The van der Waals surface area contributed by atoms with Crippen LogP contribution in [0.15, 0.2) is 24.5 Å². The standard InChI is InChI=1S/C9H12N4O/c10-7(6-14)4-8-5-9-11-2-1-3-13(9)12-8/h1-3,5,7,14H,4,6,10H2. The Balaban J connectivity index is 2.27. The molecule has 74 valence electrons. The molecule has 0 saturated carbocycles. The van der Waals surface area contributed by atoms with E-state index in [0.29, 0.717) is 6.42 Å². The second kappa shape index (κ2) is 3.73. The van der Waals surface area contributed by atoms with Crippen LogP contribution in [-0.2, 0) is 6.42 Å². The third kappa shape index (κ3) is 1.73. The first-order valence-electron chi connectivity index (χ1n) is 4.45. The molecule has 0 fully saturated rings. The molecule has 1 unspecified atom stereocenters. The minimum Gasteiger partial charge on any atom is -0.395 e. The Labute approximate surface area is 81.2 Å². The molecule has 0 amide bonds. The van der Waals surface area contributed by atoms with Gasteiger partial charge in [0, 0.05) is 30.9 Å². The Bertz CT molecular complexity index is 392. The van der Waals surface area contributed by atoms with E-state index in [2.05, 4.69) is 10.1 Å². The summed E-state index contributed by atoms with van der Waals surface area (Å²) in [6, 6.07) is 3.44. The third-order valence-corrected chi connectivity index (χ3v) is 1.99. The lowest BCUT2D eigenvalue weighted by Crippen LogP contribution is -2.26. The van der Waals surface area contributed by atoms with Gasteiger partial charge in [0.15, 0.2) is 5.65 Å². The molecule has 0 aromatic carbocycles. The summed E-state index contributed by atoms with van der Waals surface area (Å²) < 4.78 is 1.69. The molecule has 2 heterocycles. The number of hydrogen-bond acceptors (Lipinski definition) is 4. The summed E-state index contributed by atoms with van der Waals surface area (Å²) in [6.07, 6.45) is 4.11. The van der Waals surface area contributed by atoms with Crippen molar-refractivity contribution in [2.45, 2.75) is 12.5 Å². The van der Waals surface area contributed by atoms with Gasteiger partial charge in [-0.15, -0.1) is 0 Å². The van der Waals surface area contributed by atoms with E-state index in [-0.39, 0.29) is 12.6 Å². The Morgan fingerprint density at radius 1 is 1.57 bits per heavy atom. The van der Waals surface area contributed by atoms with E-state index in [1.54, 1.807) is 10.7 Å². The monoisotopic (exact) mass is 192 g/mol. The summed E-state index contributed by atoms with van der Waals surface area (Å²) in [4.78, 5) is 4.13. The van der Waals surface area contributed by atoms with Crippen molar-refractivity contribution in [3.05, 3.63) is 30.2 Å². The quantitative estimate of drug-likeness (QED) is 0.693. The molecular formula is C9H12N4O. The van der Waals surface area contributed by atoms with E-state index in [1.165, 1.54) is 0 Å². The van der Waals surface area contributed by atoms with Gasteiger partial charge in [-0.1, -0.05) is 0 Å². The van der Waals surface area contributed by atoms with E-state index >= 15 is 0 Å². The second-order valence-corrected chi connectivity index (χ2v) is 3.20. The molecule has 2 aromatic rings. The maximum absolute atomic E-state index is 8.80. The van der Waals surface area contributed by atoms with Crippen LogP contribution in [0.2, 0.25) is 0 Å². The molecule has 0 aliphatic heterocycles. The molecule has 0 aliphatic carbocycles. The van der Waals surface area contributed by atoms with E-state index in [9.17, 15) is 0 Å².